The standard InChI is InChI=1S/C17H15F3N4OS/c18-11-1-2-12-22-14(13(24(12)9-11)16-21-7-8-26-16)23-15(25)10-3-5-17(19,20)6-4-10/h1-2,7-10H,3-6H2,(H,23,25). The molecule has 0 unspecified atom stereocenters. The molecule has 1 aliphatic carbocycles. The number of aromatic nitrogens is 3. The topological polar surface area (TPSA) is 59.3 Å². The second kappa shape index (κ2) is 6.39. The minimum absolute atomic E-state index is 0.132. The number of anilines is 1. The van der Waals surface area contributed by atoms with Gasteiger partial charge in [-0.25, -0.2) is 23.1 Å². The summed E-state index contributed by atoms with van der Waals surface area (Å²) in [5, 5.41) is 5.08. The van der Waals surface area contributed by atoms with E-state index in [9.17, 15) is 18.0 Å². The summed E-state index contributed by atoms with van der Waals surface area (Å²) in [4.78, 5) is 21.1. The van der Waals surface area contributed by atoms with Gasteiger partial charge in [0.25, 0.3) is 0 Å². The molecule has 1 fully saturated rings. The number of thiazole rings is 1. The van der Waals surface area contributed by atoms with Gasteiger partial charge >= 0.3 is 0 Å². The fourth-order valence-electron chi connectivity index (χ4n) is 3.17. The molecule has 0 spiro atoms. The first-order valence-electron chi connectivity index (χ1n) is 8.19. The van der Waals surface area contributed by atoms with Crippen LogP contribution in [0.5, 0.6) is 0 Å². The largest absolute Gasteiger partial charge is 0.309 e. The second-order valence-electron chi connectivity index (χ2n) is 6.34. The van der Waals surface area contributed by atoms with Crippen LogP contribution in [0.4, 0.5) is 19.0 Å². The highest BCUT2D eigenvalue weighted by Crippen LogP contribution is 2.37. The average molecular weight is 380 g/mol. The van der Waals surface area contributed by atoms with Crippen LogP contribution in [-0.4, -0.2) is 26.2 Å². The molecule has 136 valence electrons. The number of hydrogen-bond acceptors (Lipinski definition) is 4. The zero-order chi connectivity index (χ0) is 18.3. The van der Waals surface area contributed by atoms with Gasteiger partial charge in [0.15, 0.2) is 5.82 Å². The highest BCUT2D eigenvalue weighted by atomic mass is 32.1. The van der Waals surface area contributed by atoms with E-state index < -0.39 is 17.7 Å². The molecule has 0 radical (unpaired) electrons. The van der Waals surface area contributed by atoms with Crippen molar-refractivity contribution < 1.29 is 18.0 Å². The Bertz CT molecular complexity index is 944. The van der Waals surface area contributed by atoms with E-state index in [1.54, 1.807) is 11.6 Å². The van der Waals surface area contributed by atoms with Crippen LogP contribution in [0, 0.1) is 11.7 Å². The third-order valence-corrected chi connectivity index (χ3v) is 5.33. The summed E-state index contributed by atoms with van der Waals surface area (Å²) in [5.74, 6) is -3.71. The van der Waals surface area contributed by atoms with Gasteiger partial charge in [-0.2, -0.15) is 0 Å². The number of fused-ring (bicyclic) bond motifs is 1. The summed E-state index contributed by atoms with van der Waals surface area (Å²) in [5.41, 5.74) is 0.936. The third kappa shape index (κ3) is 3.18. The predicted molar refractivity (Wildman–Crippen MR) is 91.8 cm³/mol. The van der Waals surface area contributed by atoms with E-state index in [0.29, 0.717) is 16.3 Å². The summed E-state index contributed by atoms with van der Waals surface area (Å²) < 4.78 is 41.8. The lowest BCUT2D eigenvalue weighted by molar-refractivity contribution is -0.124. The van der Waals surface area contributed by atoms with Gasteiger partial charge in [-0.15, -0.1) is 11.3 Å². The molecular weight excluding hydrogens is 365 g/mol. The molecule has 3 heterocycles. The molecule has 3 aromatic heterocycles. The van der Waals surface area contributed by atoms with Crippen LogP contribution >= 0.6 is 11.3 Å². The molecule has 9 heteroatoms. The molecule has 0 saturated heterocycles. The first-order chi connectivity index (χ1) is 12.4. The third-order valence-electron chi connectivity index (χ3n) is 4.55. The lowest BCUT2D eigenvalue weighted by Crippen LogP contribution is -2.32. The van der Waals surface area contributed by atoms with Crippen molar-refractivity contribution in [2.75, 3.05) is 5.32 Å². The monoisotopic (exact) mass is 380 g/mol. The lowest BCUT2D eigenvalue weighted by atomic mass is 9.86. The van der Waals surface area contributed by atoms with E-state index in [4.69, 9.17) is 0 Å². The Hall–Kier alpha value is -2.42. The van der Waals surface area contributed by atoms with Crippen molar-refractivity contribution in [3.05, 3.63) is 35.7 Å². The van der Waals surface area contributed by atoms with E-state index >= 15 is 0 Å². The van der Waals surface area contributed by atoms with Crippen LogP contribution in [0.25, 0.3) is 16.3 Å². The Morgan fingerprint density at radius 1 is 1.31 bits per heavy atom. The van der Waals surface area contributed by atoms with Crippen LogP contribution < -0.4 is 5.32 Å². The number of imidazole rings is 1. The SMILES string of the molecule is O=C(Nc1nc2ccc(F)cn2c1-c1nccs1)C1CCC(F)(F)CC1. The highest BCUT2D eigenvalue weighted by Gasteiger charge is 2.37. The molecule has 26 heavy (non-hydrogen) atoms. The molecule has 1 aliphatic rings. The van der Waals surface area contributed by atoms with Crippen LogP contribution in [0.1, 0.15) is 25.7 Å². The summed E-state index contributed by atoms with van der Waals surface area (Å²) in [6, 6.07) is 2.78. The maximum absolute atomic E-state index is 13.7. The van der Waals surface area contributed by atoms with E-state index in [-0.39, 0.29) is 37.4 Å². The number of nitrogens with zero attached hydrogens (tertiary/aromatic N) is 3. The molecule has 1 amide bonds. The minimum atomic E-state index is -2.69. The Kier molecular flexibility index (Phi) is 4.18. The normalized spacial score (nSPS) is 17.5. The maximum Gasteiger partial charge on any atom is 0.248 e. The number of alkyl halides is 2. The van der Waals surface area contributed by atoms with Gasteiger partial charge in [0.05, 0.1) is 0 Å². The van der Waals surface area contributed by atoms with Gasteiger partial charge in [-0.1, -0.05) is 0 Å². The molecule has 0 atom stereocenters. The van der Waals surface area contributed by atoms with Gasteiger partial charge in [-0.05, 0) is 25.0 Å². The van der Waals surface area contributed by atoms with Gasteiger partial charge in [0.2, 0.25) is 11.8 Å². The van der Waals surface area contributed by atoms with Crippen LogP contribution in [0.2, 0.25) is 0 Å². The lowest BCUT2D eigenvalue weighted by Gasteiger charge is -2.27. The van der Waals surface area contributed by atoms with Crippen molar-refractivity contribution in [2.24, 2.45) is 5.92 Å². The fraction of sp³-hybridized carbons (Fsp3) is 0.353. The minimum Gasteiger partial charge on any atom is -0.309 e. The highest BCUT2D eigenvalue weighted by molar-refractivity contribution is 7.13. The molecule has 0 aliphatic heterocycles. The number of pyridine rings is 1. The van der Waals surface area contributed by atoms with E-state index in [0.717, 1.165) is 0 Å². The molecule has 4 rings (SSSR count). The quantitative estimate of drug-likeness (QED) is 0.734. The Morgan fingerprint density at radius 2 is 2.08 bits per heavy atom. The van der Waals surface area contributed by atoms with E-state index in [1.807, 2.05) is 0 Å². The fourth-order valence-corrected chi connectivity index (χ4v) is 3.85. The van der Waals surface area contributed by atoms with Crippen LogP contribution in [0.3, 0.4) is 0 Å². The molecule has 0 aromatic carbocycles. The summed E-state index contributed by atoms with van der Waals surface area (Å²) >= 11 is 1.33. The maximum atomic E-state index is 13.7. The molecule has 3 aromatic rings. The van der Waals surface area contributed by atoms with Crippen molar-refractivity contribution >= 4 is 28.7 Å². The Balaban J connectivity index is 1.66. The van der Waals surface area contributed by atoms with Crippen LogP contribution in [0.15, 0.2) is 29.9 Å². The van der Waals surface area contributed by atoms with E-state index in [1.165, 1.54) is 34.1 Å². The Labute approximate surface area is 150 Å². The molecular formula is C17H15F3N4OS. The first-order valence-corrected chi connectivity index (χ1v) is 9.07. The summed E-state index contributed by atoms with van der Waals surface area (Å²) in [6.07, 6.45) is 2.56. The number of halogens is 3. The van der Waals surface area contributed by atoms with E-state index in [2.05, 4.69) is 15.3 Å². The van der Waals surface area contributed by atoms with Gasteiger partial charge in [-0.3, -0.25) is 9.20 Å². The predicted octanol–water partition coefficient (Wildman–Crippen LogP) is 4.36. The van der Waals surface area contributed by atoms with Crippen molar-refractivity contribution in [3.8, 4) is 10.7 Å². The number of nitrogens with one attached hydrogen (secondary N) is 1. The molecule has 1 N–H and O–H groups in total. The summed E-state index contributed by atoms with van der Waals surface area (Å²) in [7, 11) is 0. The molecule has 1 saturated carbocycles. The van der Waals surface area contributed by atoms with Gasteiger partial charge in [0.1, 0.15) is 22.2 Å². The van der Waals surface area contributed by atoms with Gasteiger partial charge < -0.3 is 5.32 Å². The number of carbonyl (C=O) groups is 1. The average Bonchev–Trinajstić information content (AvgIpc) is 3.21. The van der Waals surface area contributed by atoms with Crippen molar-refractivity contribution in [1.29, 1.82) is 0 Å². The smallest absolute Gasteiger partial charge is 0.248 e. The summed E-state index contributed by atoms with van der Waals surface area (Å²) in [6.45, 7) is 0. The van der Waals surface area contributed by atoms with Gasteiger partial charge in [0, 0.05) is 36.5 Å². The van der Waals surface area contributed by atoms with Crippen molar-refractivity contribution in [2.45, 2.75) is 31.6 Å². The number of hydrogen-bond donors (Lipinski definition) is 1. The molecule has 5 nitrogen and oxygen atoms in total. The molecule has 0 bridgehead atoms. The zero-order valence-electron chi connectivity index (χ0n) is 13.6. The zero-order valence-corrected chi connectivity index (χ0v) is 14.4. The number of amides is 1. The number of carbonyl (C=O) groups excluding carboxylic acids is 1. The Morgan fingerprint density at radius 3 is 2.77 bits per heavy atom. The second-order valence-corrected chi connectivity index (χ2v) is 7.24. The van der Waals surface area contributed by atoms with Crippen molar-refractivity contribution in [1.82, 2.24) is 14.4 Å². The van der Waals surface area contributed by atoms with Crippen molar-refractivity contribution in [3.63, 3.8) is 0 Å². The first kappa shape index (κ1) is 17.0. The van der Waals surface area contributed by atoms with Crippen LogP contribution in [-0.2, 0) is 4.79 Å². The number of rotatable bonds is 3.